The molecule has 0 fully saturated rings. The van der Waals surface area contributed by atoms with Crippen molar-refractivity contribution in [2.24, 2.45) is 0 Å². The number of aromatic amines is 1. The van der Waals surface area contributed by atoms with Crippen LogP contribution < -0.4 is 0 Å². The number of H-pyrrole nitrogens is 1. The second kappa shape index (κ2) is 3.30. The topological polar surface area (TPSA) is 49.0 Å². The van der Waals surface area contributed by atoms with E-state index in [0.29, 0.717) is 5.69 Å². The standard InChI is InChI=1S/C9H13N3O/c1-12-4-2-7-8(3-5-12)10-11-9(7)6-13/h6H,2-5H2,1H3,(H,10,11). The third-order valence-electron chi connectivity index (χ3n) is 2.58. The fourth-order valence-corrected chi connectivity index (χ4v) is 1.72. The number of aromatic nitrogens is 2. The number of carbonyl (C=O) groups is 1. The Morgan fingerprint density at radius 3 is 3.00 bits per heavy atom. The SMILES string of the molecule is CN1CCc2[nH]nc(C=O)c2CC1. The first-order valence-corrected chi connectivity index (χ1v) is 4.51. The van der Waals surface area contributed by atoms with Crippen molar-refractivity contribution in [3.05, 3.63) is 17.0 Å². The van der Waals surface area contributed by atoms with Crippen LogP contribution in [0.15, 0.2) is 0 Å². The van der Waals surface area contributed by atoms with Gasteiger partial charge in [-0.15, -0.1) is 0 Å². The van der Waals surface area contributed by atoms with Crippen LogP contribution in [0.25, 0.3) is 0 Å². The van der Waals surface area contributed by atoms with E-state index in [1.807, 2.05) is 0 Å². The summed E-state index contributed by atoms with van der Waals surface area (Å²) in [5.41, 5.74) is 2.83. The van der Waals surface area contributed by atoms with Gasteiger partial charge in [-0.25, -0.2) is 0 Å². The highest BCUT2D eigenvalue weighted by Crippen LogP contribution is 2.15. The maximum Gasteiger partial charge on any atom is 0.170 e. The van der Waals surface area contributed by atoms with Crippen LogP contribution in [0.5, 0.6) is 0 Å². The predicted octanol–water partition coefficient (Wildman–Crippen LogP) is 0.253. The number of nitrogens with one attached hydrogen (secondary N) is 1. The Labute approximate surface area is 76.9 Å². The molecule has 1 N–H and O–H groups in total. The first-order chi connectivity index (χ1) is 6.31. The van der Waals surface area contributed by atoms with Crippen molar-refractivity contribution >= 4 is 6.29 Å². The van der Waals surface area contributed by atoms with Gasteiger partial charge in [-0.1, -0.05) is 0 Å². The van der Waals surface area contributed by atoms with Crippen LogP contribution in [0.2, 0.25) is 0 Å². The molecule has 0 unspecified atom stereocenters. The highest BCUT2D eigenvalue weighted by Gasteiger charge is 2.16. The van der Waals surface area contributed by atoms with Gasteiger partial charge < -0.3 is 4.90 Å². The average Bonchev–Trinajstić information content (AvgIpc) is 2.45. The molecule has 4 nitrogen and oxygen atoms in total. The van der Waals surface area contributed by atoms with Gasteiger partial charge in [-0.05, 0) is 13.5 Å². The summed E-state index contributed by atoms with van der Waals surface area (Å²) in [5.74, 6) is 0. The highest BCUT2D eigenvalue weighted by atomic mass is 16.1. The van der Waals surface area contributed by atoms with Crippen molar-refractivity contribution in [2.75, 3.05) is 20.1 Å². The van der Waals surface area contributed by atoms with Crippen LogP contribution in [-0.4, -0.2) is 41.5 Å². The fourth-order valence-electron chi connectivity index (χ4n) is 1.72. The van der Waals surface area contributed by atoms with Crippen LogP contribution in [0, 0.1) is 0 Å². The van der Waals surface area contributed by atoms with Crippen molar-refractivity contribution in [3.8, 4) is 0 Å². The summed E-state index contributed by atoms with van der Waals surface area (Å²) < 4.78 is 0. The molecule has 0 spiro atoms. The molecule has 1 aliphatic rings. The van der Waals surface area contributed by atoms with Gasteiger partial charge in [0, 0.05) is 30.8 Å². The minimum atomic E-state index is 0.588. The number of hydrogen-bond donors (Lipinski definition) is 1. The lowest BCUT2D eigenvalue weighted by atomic mass is 10.1. The van der Waals surface area contributed by atoms with Gasteiger partial charge in [0.25, 0.3) is 0 Å². The molecule has 0 aliphatic carbocycles. The summed E-state index contributed by atoms with van der Waals surface area (Å²) in [7, 11) is 2.10. The van der Waals surface area contributed by atoms with Crippen molar-refractivity contribution in [2.45, 2.75) is 12.8 Å². The number of fused-ring (bicyclic) bond motifs is 1. The molecule has 0 radical (unpaired) electrons. The van der Waals surface area contributed by atoms with E-state index < -0.39 is 0 Å². The van der Waals surface area contributed by atoms with Gasteiger partial charge in [0.1, 0.15) is 5.69 Å². The molecular weight excluding hydrogens is 166 g/mol. The van der Waals surface area contributed by atoms with E-state index >= 15 is 0 Å². The van der Waals surface area contributed by atoms with Crippen LogP contribution >= 0.6 is 0 Å². The molecule has 0 aromatic carbocycles. The Morgan fingerprint density at radius 2 is 2.23 bits per heavy atom. The minimum Gasteiger partial charge on any atom is -0.306 e. The highest BCUT2D eigenvalue weighted by molar-refractivity contribution is 5.74. The number of rotatable bonds is 1. The zero-order chi connectivity index (χ0) is 9.26. The Kier molecular flexibility index (Phi) is 2.14. The van der Waals surface area contributed by atoms with Crippen LogP contribution in [0.1, 0.15) is 21.7 Å². The lowest BCUT2D eigenvalue weighted by molar-refractivity contribution is 0.111. The number of hydrogen-bond acceptors (Lipinski definition) is 3. The first-order valence-electron chi connectivity index (χ1n) is 4.51. The molecular formula is C9H13N3O. The quantitative estimate of drug-likeness (QED) is 0.629. The molecule has 1 aromatic rings. The average molecular weight is 179 g/mol. The molecule has 0 saturated carbocycles. The zero-order valence-corrected chi connectivity index (χ0v) is 7.71. The smallest absolute Gasteiger partial charge is 0.170 e. The van der Waals surface area contributed by atoms with Gasteiger partial charge in [0.2, 0.25) is 0 Å². The molecule has 1 aliphatic heterocycles. The maximum atomic E-state index is 10.6. The number of likely N-dealkylation sites (N-methyl/N-ethyl adjacent to an activating group) is 1. The molecule has 0 amide bonds. The molecule has 0 saturated heterocycles. The molecule has 13 heavy (non-hydrogen) atoms. The summed E-state index contributed by atoms with van der Waals surface area (Å²) in [6.45, 7) is 2.04. The van der Waals surface area contributed by atoms with Crippen LogP contribution in [0.3, 0.4) is 0 Å². The summed E-state index contributed by atoms with van der Waals surface area (Å²) in [6.07, 6.45) is 2.73. The van der Waals surface area contributed by atoms with Crippen LogP contribution in [-0.2, 0) is 12.8 Å². The normalized spacial score (nSPS) is 17.9. The number of aldehydes is 1. The second-order valence-corrected chi connectivity index (χ2v) is 3.49. The molecule has 0 bridgehead atoms. The van der Waals surface area contributed by atoms with E-state index in [-0.39, 0.29) is 0 Å². The molecule has 0 atom stereocenters. The number of nitrogens with zero attached hydrogens (tertiary/aromatic N) is 2. The first kappa shape index (κ1) is 8.44. The fraction of sp³-hybridized carbons (Fsp3) is 0.556. The number of carbonyl (C=O) groups excluding carboxylic acids is 1. The van der Waals surface area contributed by atoms with Gasteiger partial charge in [-0.2, -0.15) is 5.10 Å². The zero-order valence-electron chi connectivity index (χ0n) is 7.71. The van der Waals surface area contributed by atoms with Crippen molar-refractivity contribution in [1.82, 2.24) is 15.1 Å². The van der Waals surface area contributed by atoms with Crippen LogP contribution in [0.4, 0.5) is 0 Å². The summed E-state index contributed by atoms with van der Waals surface area (Å²) in [4.78, 5) is 12.9. The summed E-state index contributed by atoms with van der Waals surface area (Å²) in [5, 5.41) is 6.90. The third kappa shape index (κ3) is 1.49. The van der Waals surface area contributed by atoms with Gasteiger partial charge >= 0.3 is 0 Å². The van der Waals surface area contributed by atoms with Crippen molar-refractivity contribution in [3.63, 3.8) is 0 Å². The molecule has 1 aromatic heterocycles. The van der Waals surface area contributed by atoms with E-state index in [0.717, 1.165) is 43.5 Å². The largest absolute Gasteiger partial charge is 0.306 e. The van der Waals surface area contributed by atoms with E-state index in [1.54, 1.807) is 0 Å². The third-order valence-corrected chi connectivity index (χ3v) is 2.58. The minimum absolute atomic E-state index is 0.588. The molecule has 2 heterocycles. The lowest BCUT2D eigenvalue weighted by Crippen LogP contribution is -2.21. The lowest BCUT2D eigenvalue weighted by Gasteiger charge is -2.11. The Balaban J connectivity index is 2.31. The molecule has 4 heteroatoms. The Hall–Kier alpha value is -1.16. The van der Waals surface area contributed by atoms with E-state index in [1.165, 1.54) is 0 Å². The van der Waals surface area contributed by atoms with Crippen molar-refractivity contribution in [1.29, 1.82) is 0 Å². The van der Waals surface area contributed by atoms with Gasteiger partial charge in [0.15, 0.2) is 6.29 Å². The van der Waals surface area contributed by atoms with Gasteiger partial charge in [-0.3, -0.25) is 9.89 Å². The summed E-state index contributed by atoms with van der Waals surface area (Å²) in [6, 6.07) is 0. The van der Waals surface area contributed by atoms with E-state index in [4.69, 9.17) is 0 Å². The Bertz CT molecular complexity index is 319. The van der Waals surface area contributed by atoms with E-state index in [9.17, 15) is 4.79 Å². The predicted molar refractivity (Wildman–Crippen MR) is 48.9 cm³/mol. The monoisotopic (exact) mass is 179 g/mol. The summed E-state index contributed by atoms with van der Waals surface area (Å²) >= 11 is 0. The molecule has 2 rings (SSSR count). The van der Waals surface area contributed by atoms with Crippen molar-refractivity contribution < 1.29 is 4.79 Å². The Morgan fingerprint density at radius 1 is 1.46 bits per heavy atom. The van der Waals surface area contributed by atoms with Gasteiger partial charge in [0.05, 0.1) is 0 Å². The molecule has 70 valence electrons. The van der Waals surface area contributed by atoms with E-state index in [2.05, 4.69) is 22.1 Å². The second-order valence-electron chi connectivity index (χ2n) is 3.49. The maximum absolute atomic E-state index is 10.6.